The van der Waals surface area contributed by atoms with Crippen LogP contribution in [0.3, 0.4) is 0 Å². The van der Waals surface area contributed by atoms with Gasteiger partial charge < -0.3 is 4.79 Å². The first-order valence-corrected chi connectivity index (χ1v) is 5.50. The number of hydrogen-bond acceptors (Lipinski definition) is 1. The lowest BCUT2D eigenvalue weighted by Gasteiger charge is -2.25. The van der Waals surface area contributed by atoms with Crippen LogP contribution in [0.5, 0.6) is 0 Å². The maximum absolute atomic E-state index is 12.7. The van der Waals surface area contributed by atoms with E-state index in [1.165, 1.54) is 17.7 Å². The van der Waals surface area contributed by atoms with Crippen LogP contribution >= 0.6 is 0 Å². The second kappa shape index (κ2) is 4.56. The Morgan fingerprint density at radius 3 is 2.20 bits per heavy atom. The summed E-state index contributed by atoms with van der Waals surface area (Å²) in [6, 6.07) is 6.75. The highest BCUT2D eigenvalue weighted by molar-refractivity contribution is 5.53. The summed E-state index contributed by atoms with van der Waals surface area (Å²) in [7, 11) is 0. The van der Waals surface area contributed by atoms with Gasteiger partial charge in [0.1, 0.15) is 12.1 Å². The fourth-order valence-electron chi connectivity index (χ4n) is 2.32. The summed E-state index contributed by atoms with van der Waals surface area (Å²) in [6.07, 6.45) is 5.13. The van der Waals surface area contributed by atoms with Crippen molar-refractivity contribution >= 4 is 6.29 Å². The summed E-state index contributed by atoms with van der Waals surface area (Å²) in [5.74, 6) is 0.587. The van der Waals surface area contributed by atoms with E-state index >= 15 is 0 Å². The Hall–Kier alpha value is -1.18. The Morgan fingerprint density at radius 1 is 1.07 bits per heavy atom. The molecule has 1 fully saturated rings. The van der Waals surface area contributed by atoms with Crippen LogP contribution in [0, 0.1) is 11.7 Å². The third-order valence-corrected chi connectivity index (χ3v) is 3.31. The predicted octanol–water partition coefficient (Wildman–Crippen LogP) is 3.30. The van der Waals surface area contributed by atoms with Crippen molar-refractivity contribution in [3.63, 3.8) is 0 Å². The SMILES string of the molecule is O=C[C@H]1CC[C@H](c2ccc(F)cc2)CC1. The van der Waals surface area contributed by atoms with Gasteiger partial charge in [0.05, 0.1) is 0 Å². The van der Waals surface area contributed by atoms with Gasteiger partial charge in [0, 0.05) is 5.92 Å². The van der Waals surface area contributed by atoms with Gasteiger partial charge in [-0.05, 0) is 49.3 Å². The molecule has 0 unspecified atom stereocenters. The first-order chi connectivity index (χ1) is 7.29. The Balaban J connectivity index is 2.01. The number of hydrogen-bond donors (Lipinski definition) is 0. The van der Waals surface area contributed by atoms with Crippen molar-refractivity contribution in [2.24, 2.45) is 5.92 Å². The van der Waals surface area contributed by atoms with Gasteiger partial charge in [-0.2, -0.15) is 0 Å². The normalized spacial score (nSPS) is 26.2. The Labute approximate surface area is 89.3 Å². The minimum absolute atomic E-state index is 0.180. The molecule has 0 aliphatic heterocycles. The lowest BCUT2D eigenvalue weighted by atomic mass is 9.79. The second-order valence-electron chi connectivity index (χ2n) is 4.30. The number of benzene rings is 1. The summed E-state index contributed by atoms with van der Waals surface area (Å²) < 4.78 is 12.7. The summed E-state index contributed by atoms with van der Waals surface area (Å²) in [6.45, 7) is 0. The number of carbonyl (C=O) groups is 1. The van der Waals surface area contributed by atoms with Crippen LogP contribution in [-0.4, -0.2) is 6.29 Å². The van der Waals surface area contributed by atoms with Gasteiger partial charge in [-0.15, -0.1) is 0 Å². The summed E-state index contributed by atoms with van der Waals surface area (Å²) in [5, 5.41) is 0. The largest absolute Gasteiger partial charge is 0.303 e. The van der Waals surface area contributed by atoms with Crippen molar-refractivity contribution in [1.29, 1.82) is 0 Å². The van der Waals surface area contributed by atoms with Gasteiger partial charge in [0.2, 0.25) is 0 Å². The van der Waals surface area contributed by atoms with Gasteiger partial charge in [-0.25, -0.2) is 4.39 Å². The molecule has 1 aliphatic rings. The molecule has 2 heteroatoms. The smallest absolute Gasteiger partial charge is 0.123 e. The molecule has 0 amide bonds. The van der Waals surface area contributed by atoms with Crippen LogP contribution in [0.25, 0.3) is 0 Å². The van der Waals surface area contributed by atoms with Crippen molar-refractivity contribution in [2.75, 3.05) is 0 Å². The molecule has 0 aromatic heterocycles. The van der Waals surface area contributed by atoms with Crippen molar-refractivity contribution in [1.82, 2.24) is 0 Å². The van der Waals surface area contributed by atoms with Gasteiger partial charge >= 0.3 is 0 Å². The maximum Gasteiger partial charge on any atom is 0.123 e. The molecule has 0 radical (unpaired) electrons. The third-order valence-electron chi connectivity index (χ3n) is 3.31. The van der Waals surface area contributed by atoms with E-state index in [9.17, 15) is 9.18 Å². The van der Waals surface area contributed by atoms with E-state index in [0.29, 0.717) is 5.92 Å². The first kappa shape index (κ1) is 10.3. The van der Waals surface area contributed by atoms with E-state index in [1.54, 1.807) is 0 Å². The third kappa shape index (κ3) is 2.44. The van der Waals surface area contributed by atoms with E-state index in [1.807, 2.05) is 12.1 Å². The Kier molecular flexibility index (Phi) is 3.14. The van der Waals surface area contributed by atoms with Crippen LogP contribution in [0.4, 0.5) is 4.39 Å². The molecule has 1 aromatic carbocycles. The van der Waals surface area contributed by atoms with Gasteiger partial charge in [0.15, 0.2) is 0 Å². The molecule has 0 saturated heterocycles. The molecule has 1 aromatic rings. The zero-order valence-electron chi connectivity index (χ0n) is 8.66. The minimum Gasteiger partial charge on any atom is -0.303 e. The van der Waals surface area contributed by atoms with Gasteiger partial charge in [-0.3, -0.25) is 0 Å². The summed E-state index contributed by atoms with van der Waals surface area (Å²) in [4.78, 5) is 10.6. The maximum atomic E-state index is 12.7. The zero-order chi connectivity index (χ0) is 10.7. The molecule has 0 N–H and O–H groups in total. The average molecular weight is 206 g/mol. The molecule has 80 valence electrons. The number of halogens is 1. The standard InChI is InChI=1S/C13H15FO/c14-13-7-5-12(6-8-13)11-3-1-10(9-15)2-4-11/h5-11H,1-4H2/t10-,11-. The van der Waals surface area contributed by atoms with Crippen LogP contribution < -0.4 is 0 Å². The fourth-order valence-corrected chi connectivity index (χ4v) is 2.32. The zero-order valence-corrected chi connectivity index (χ0v) is 8.66. The number of rotatable bonds is 2. The van der Waals surface area contributed by atoms with Gasteiger partial charge in [-0.1, -0.05) is 12.1 Å². The molecule has 15 heavy (non-hydrogen) atoms. The molecule has 0 bridgehead atoms. The van der Waals surface area contributed by atoms with Crippen LogP contribution in [0.2, 0.25) is 0 Å². The van der Waals surface area contributed by atoms with Crippen molar-refractivity contribution in [2.45, 2.75) is 31.6 Å². The van der Waals surface area contributed by atoms with E-state index in [-0.39, 0.29) is 11.7 Å². The molecule has 1 aliphatic carbocycles. The van der Waals surface area contributed by atoms with Crippen molar-refractivity contribution in [3.05, 3.63) is 35.6 Å². The monoisotopic (exact) mass is 206 g/mol. The number of aldehydes is 1. The molecule has 0 heterocycles. The van der Waals surface area contributed by atoms with Crippen LogP contribution in [0.15, 0.2) is 24.3 Å². The van der Waals surface area contributed by atoms with Crippen LogP contribution in [-0.2, 0) is 4.79 Å². The Bertz CT molecular complexity index is 323. The molecule has 2 rings (SSSR count). The first-order valence-electron chi connectivity index (χ1n) is 5.50. The molecular weight excluding hydrogens is 191 g/mol. The fraction of sp³-hybridized carbons (Fsp3) is 0.462. The lowest BCUT2D eigenvalue weighted by molar-refractivity contribution is -0.111. The molecular formula is C13H15FO. The van der Waals surface area contributed by atoms with E-state index in [2.05, 4.69) is 0 Å². The van der Waals surface area contributed by atoms with Crippen LogP contribution in [0.1, 0.15) is 37.2 Å². The summed E-state index contributed by atoms with van der Waals surface area (Å²) in [5.41, 5.74) is 1.21. The molecule has 1 nitrogen and oxygen atoms in total. The van der Waals surface area contributed by atoms with E-state index in [4.69, 9.17) is 0 Å². The van der Waals surface area contributed by atoms with Crippen molar-refractivity contribution in [3.8, 4) is 0 Å². The van der Waals surface area contributed by atoms with E-state index in [0.717, 1.165) is 32.0 Å². The Morgan fingerprint density at radius 2 is 1.67 bits per heavy atom. The quantitative estimate of drug-likeness (QED) is 0.678. The van der Waals surface area contributed by atoms with E-state index < -0.39 is 0 Å². The highest BCUT2D eigenvalue weighted by Gasteiger charge is 2.21. The predicted molar refractivity (Wildman–Crippen MR) is 57.2 cm³/mol. The van der Waals surface area contributed by atoms with Crippen molar-refractivity contribution < 1.29 is 9.18 Å². The average Bonchev–Trinajstić information content (AvgIpc) is 2.30. The molecule has 0 spiro atoms. The minimum atomic E-state index is -0.180. The highest BCUT2D eigenvalue weighted by atomic mass is 19.1. The highest BCUT2D eigenvalue weighted by Crippen LogP contribution is 2.34. The number of carbonyl (C=O) groups excluding carboxylic acids is 1. The van der Waals surface area contributed by atoms with Gasteiger partial charge in [0.25, 0.3) is 0 Å². The topological polar surface area (TPSA) is 17.1 Å². The summed E-state index contributed by atoms with van der Waals surface area (Å²) >= 11 is 0. The molecule has 0 atom stereocenters. The second-order valence-corrected chi connectivity index (χ2v) is 4.30. The lowest BCUT2D eigenvalue weighted by Crippen LogP contribution is -2.14. The molecule has 1 saturated carbocycles.